The normalized spacial score (nSPS) is 17.2. The van der Waals surface area contributed by atoms with Gasteiger partial charge in [-0.25, -0.2) is 21.1 Å². The van der Waals surface area contributed by atoms with Crippen LogP contribution in [0.25, 0.3) is 0 Å². The monoisotopic (exact) mass is 525 g/mol. The van der Waals surface area contributed by atoms with Gasteiger partial charge in [-0.1, -0.05) is 12.1 Å². The van der Waals surface area contributed by atoms with E-state index in [-0.39, 0.29) is 34.5 Å². The highest BCUT2D eigenvalue weighted by atomic mass is 32.2. The molecular weight excluding hydrogens is 494 g/mol. The Balaban J connectivity index is 1.68. The van der Waals surface area contributed by atoms with Gasteiger partial charge in [0.2, 0.25) is 26.0 Å². The number of hydrogen-bond acceptors (Lipinski definition) is 7. The molecule has 1 N–H and O–H groups in total. The van der Waals surface area contributed by atoms with Crippen molar-refractivity contribution in [1.82, 2.24) is 13.9 Å². The van der Waals surface area contributed by atoms with Crippen molar-refractivity contribution in [3.8, 4) is 11.5 Å². The van der Waals surface area contributed by atoms with Gasteiger partial charge in [-0.15, -0.1) is 0 Å². The van der Waals surface area contributed by atoms with E-state index >= 15 is 0 Å². The fraction of sp³-hybridized carbons (Fsp3) is 0.435. The second kappa shape index (κ2) is 10.9. The molecule has 1 saturated heterocycles. The lowest BCUT2D eigenvalue weighted by Crippen LogP contribution is -2.45. The number of carbonyl (C=O) groups is 1. The Morgan fingerprint density at radius 3 is 2.34 bits per heavy atom. The van der Waals surface area contributed by atoms with Gasteiger partial charge in [0.25, 0.3) is 0 Å². The molecule has 2 aromatic carbocycles. The minimum atomic E-state index is -3.91. The first-order valence-corrected chi connectivity index (χ1v) is 13.9. The molecule has 0 radical (unpaired) electrons. The molecule has 2 aromatic rings. The molecular formula is C23H31N3O7S2. The third kappa shape index (κ3) is 5.95. The number of ether oxygens (including phenoxy) is 2. The quantitative estimate of drug-likeness (QED) is 0.528. The molecule has 1 amide bonds. The molecule has 192 valence electrons. The highest BCUT2D eigenvalue weighted by molar-refractivity contribution is 7.89. The van der Waals surface area contributed by atoms with Gasteiger partial charge >= 0.3 is 0 Å². The summed E-state index contributed by atoms with van der Waals surface area (Å²) >= 11 is 0. The van der Waals surface area contributed by atoms with Crippen LogP contribution in [0.2, 0.25) is 0 Å². The van der Waals surface area contributed by atoms with E-state index in [1.165, 1.54) is 56.9 Å². The molecule has 1 aliphatic heterocycles. The van der Waals surface area contributed by atoms with Gasteiger partial charge in [-0.05, 0) is 42.7 Å². The second-order valence-corrected chi connectivity index (χ2v) is 12.4. The first-order valence-electron chi connectivity index (χ1n) is 11.0. The summed E-state index contributed by atoms with van der Waals surface area (Å²) in [6.07, 6.45) is 1.10. The summed E-state index contributed by atoms with van der Waals surface area (Å²) in [7, 11) is -1.67. The molecule has 3 rings (SSSR count). The zero-order valence-electron chi connectivity index (χ0n) is 20.2. The summed E-state index contributed by atoms with van der Waals surface area (Å²) in [5.74, 6) is -0.173. The van der Waals surface area contributed by atoms with Crippen molar-refractivity contribution in [1.29, 1.82) is 0 Å². The number of amides is 1. The molecule has 1 heterocycles. The fourth-order valence-corrected chi connectivity index (χ4v) is 6.42. The van der Waals surface area contributed by atoms with Crippen molar-refractivity contribution in [2.45, 2.75) is 29.2 Å². The Morgan fingerprint density at radius 1 is 1.06 bits per heavy atom. The van der Waals surface area contributed by atoms with Gasteiger partial charge in [0.05, 0.1) is 25.0 Å². The number of piperidine rings is 1. The highest BCUT2D eigenvalue weighted by Crippen LogP contribution is 2.32. The highest BCUT2D eigenvalue weighted by Gasteiger charge is 2.35. The molecule has 0 saturated carbocycles. The molecule has 0 unspecified atom stereocenters. The molecule has 10 nitrogen and oxygen atoms in total. The van der Waals surface area contributed by atoms with Crippen LogP contribution in [0.4, 0.5) is 0 Å². The number of sulfonamides is 2. The van der Waals surface area contributed by atoms with E-state index in [0.717, 1.165) is 9.87 Å². The predicted octanol–water partition coefficient (Wildman–Crippen LogP) is 1.67. The molecule has 1 fully saturated rings. The van der Waals surface area contributed by atoms with Crippen LogP contribution in [0.5, 0.6) is 11.5 Å². The Bertz CT molecular complexity index is 1260. The van der Waals surface area contributed by atoms with Gasteiger partial charge in [-0.3, -0.25) is 4.79 Å². The lowest BCUT2D eigenvalue weighted by molar-refractivity contribution is -0.126. The van der Waals surface area contributed by atoms with Crippen LogP contribution < -0.4 is 14.8 Å². The number of nitrogens with one attached hydrogen (secondary N) is 1. The Morgan fingerprint density at radius 2 is 1.74 bits per heavy atom. The van der Waals surface area contributed by atoms with Gasteiger partial charge in [0, 0.05) is 39.8 Å². The standard InChI is InChI=1S/C23H31N3O7S2/c1-25(2)34(28,29)20-10-7-17(8-11-20)15-24-23(27)18-6-5-13-26(16-18)35(30,31)22-14-19(32-3)9-12-21(22)33-4/h7-12,14,18H,5-6,13,15-16H2,1-4H3,(H,24,27)/t18-/m1/s1. The third-order valence-corrected chi connectivity index (χ3v) is 9.63. The minimum absolute atomic E-state index is 0.00632. The van der Waals surface area contributed by atoms with Gasteiger partial charge < -0.3 is 14.8 Å². The molecule has 0 bridgehead atoms. The van der Waals surface area contributed by atoms with E-state index in [1.807, 2.05) is 0 Å². The van der Waals surface area contributed by atoms with Crippen LogP contribution in [0.3, 0.4) is 0 Å². The molecule has 12 heteroatoms. The van der Waals surface area contributed by atoms with Gasteiger partial charge in [0.15, 0.2) is 0 Å². The third-order valence-electron chi connectivity index (χ3n) is 5.91. The van der Waals surface area contributed by atoms with E-state index in [0.29, 0.717) is 25.1 Å². The Labute approximate surface area is 206 Å². The van der Waals surface area contributed by atoms with Crippen LogP contribution in [0.15, 0.2) is 52.3 Å². The zero-order valence-corrected chi connectivity index (χ0v) is 21.9. The Hall–Kier alpha value is -2.67. The predicted molar refractivity (Wildman–Crippen MR) is 130 cm³/mol. The molecule has 0 aromatic heterocycles. The maximum absolute atomic E-state index is 13.3. The molecule has 1 aliphatic rings. The number of methoxy groups -OCH3 is 2. The minimum Gasteiger partial charge on any atom is -0.497 e. The van der Waals surface area contributed by atoms with Crippen molar-refractivity contribution in [3.63, 3.8) is 0 Å². The second-order valence-electron chi connectivity index (χ2n) is 8.37. The SMILES string of the molecule is COc1ccc(OC)c(S(=O)(=O)N2CCC[C@@H](C(=O)NCc3ccc(S(=O)(=O)N(C)C)cc3)C2)c1. The van der Waals surface area contributed by atoms with Crippen molar-refractivity contribution in [3.05, 3.63) is 48.0 Å². The zero-order chi connectivity index (χ0) is 25.8. The number of rotatable bonds is 9. The van der Waals surface area contributed by atoms with Crippen molar-refractivity contribution < 1.29 is 31.1 Å². The maximum Gasteiger partial charge on any atom is 0.246 e. The summed E-state index contributed by atoms with van der Waals surface area (Å²) in [4.78, 5) is 13.0. The summed E-state index contributed by atoms with van der Waals surface area (Å²) in [5, 5.41) is 2.84. The Kier molecular flexibility index (Phi) is 8.42. The van der Waals surface area contributed by atoms with Crippen LogP contribution >= 0.6 is 0 Å². The summed E-state index contributed by atoms with van der Waals surface area (Å²) in [6.45, 7) is 0.552. The molecule has 1 atom stereocenters. The molecule has 0 spiro atoms. The number of hydrogen-bond donors (Lipinski definition) is 1. The average Bonchev–Trinajstić information content (AvgIpc) is 2.87. The summed E-state index contributed by atoms with van der Waals surface area (Å²) < 4.78 is 63.9. The van der Waals surface area contributed by atoms with Crippen LogP contribution in [-0.2, 0) is 31.4 Å². The number of carbonyl (C=O) groups excluding carboxylic acids is 1. The lowest BCUT2D eigenvalue weighted by atomic mass is 9.99. The first-order chi connectivity index (χ1) is 16.5. The van der Waals surface area contributed by atoms with E-state index in [4.69, 9.17) is 9.47 Å². The van der Waals surface area contributed by atoms with Crippen molar-refractivity contribution in [2.24, 2.45) is 5.92 Å². The number of nitrogens with zero attached hydrogens (tertiary/aromatic N) is 2. The van der Waals surface area contributed by atoms with Crippen LogP contribution in [-0.4, -0.2) is 72.8 Å². The largest absolute Gasteiger partial charge is 0.497 e. The molecule has 35 heavy (non-hydrogen) atoms. The van der Waals surface area contributed by atoms with Gasteiger partial charge in [0.1, 0.15) is 16.4 Å². The van der Waals surface area contributed by atoms with Crippen molar-refractivity contribution >= 4 is 26.0 Å². The van der Waals surface area contributed by atoms with Crippen LogP contribution in [0.1, 0.15) is 18.4 Å². The van der Waals surface area contributed by atoms with E-state index in [2.05, 4.69) is 5.32 Å². The summed E-state index contributed by atoms with van der Waals surface area (Å²) in [5.41, 5.74) is 0.734. The number of benzene rings is 2. The van der Waals surface area contributed by atoms with E-state index in [9.17, 15) is 21.6 Å². The topological polar surface area (TPSA) is 122 Å². The maximum atomic E-state index is 13.3. The fourth-order valence-electron chi connectivity index (χ4n) is 3.82. The van der Waals surface area contributed by atoms with Gasteiger partial charge in [-0.2, -0.15) is 4.31 Å². The summed E-state index contributed by atoms with van der Waals surface area (Å²) in [6, 6.07) is 10.8. The van der Waals surface area contributed by atoms with E-state index in [1.54, 1.807) is 18.2 Å². The van der Waals surface area contributed by atoms with E-state index < -0.39 is 26.0 Å². The van der Waals surface area contributed by atoms with Crippen LogP contribution in [0, 0.1) is 5.92 Å². The lowest BCUT2D eigenvalue weighted by Gasteiger charge is -2.31. The molecule has 0 aliphatic carbocycles. The smallest absolute Gasteiger partial charge is 0.246 e. The average molecular weight is 526 g/mol. The first kappa shape index (κ1) is 26.9. The van der Waals surface area contributed by atoms with Crippen molar-refractivity contribution in [2.75, 3.05) is 41.4 Å².